The lowest BCUT2D eigenvalue weighted by Crippen LogP contribution is -2.38. The van der Waals surface area contributed by atoms with Gasteiger partial charge in [-0.05, 0) is 34.1 Å². The van der Waals surface area contributed by atoms with E-state index in [1.54, 1.807) is 0 Å². The van der Waals surface area contributed by atoms with Crippen molar-refractivity contribution in [3.63, 3.8) is 0 Å². The molecular weight excluding hydrogens is 349 g/mol. The van der Waals surface area contributed by atoms with Crippen molar-refractivity contribution in [3.8, 4) is 0 Å². The van der Waals surface area contributed by atoms with Crippen LogP contribution in [0.25, 0.3) is 0 Å². The van der Waals surface area contributed by atoms with Crippen LogP contribution in [0, 0.1) is 0 Å². The van der Waals surface area contributed by atoms with Crippen molar-refractivity contribution in [2.45, 2.75) is 18.0 Å². The highest BCUT2D eigenvalue weighted by molar-refractivity contribution is 9.10. The summed E-state index contributed by atoms with van der Waals surface area (Å²) in [6.45, 7) is -0.462. The average Bonchev–Trinajstić information content (AvgIpc) is 2.23. The molecule has 0 amide bonds. The van der Waals surface area contributed by atoms with E-state index in [2.05, 4.69) is 15.9 Å². The zero-order chi connectivity index (χ0) is 14.8. The maximum Gasteiger partial charge on any atom is 0.402 e. The molecule has 0 aliphatic carbocycles. The van der Waals surface area contributed by atoms with Gasteiger partial charge in [-0.1, -0.05) is 6.92 Å². The largest absolute Gasteiger partial charge is 0.402 e. The Kier molecular flexibility index (Phi) is 4.86. The van der Waals surface area contributed by atoms with Gasteiger partial charge in [0.15, 0.2) is 0 Å². The van der Waals surface area contributed by atoms with Crippen molar-refractivity contribution in [3.05, 3.63) is 22.7 Å². The molecule has 0 heterocycles. The molecule has 0 atom stereocenters. The van der Waals surface area contributed by atoms with Crippen LogP contribution in [-0.4, -0.2) is 32.0 Å². The van der Waals surface area contributed by atoms with Gasteiger partial charge in [-0.15, -0.1) is 0 Å². The zero-order valence-electron chi connectivity index (χ0n) is 9.91. The summed E-state index contributed by atoms with van der Waals surface area (Å²) in [6, 6.07) is 3.82. The molecule has 0 bridgehead atoms. The Labute approximate surface area is 117 Å². The molecule has 2 N–H and O–H groups in total. The van der Waals surface area contributed by atoms with Crippen LogP contribution in [-0.2, 0) is 10.0 Å². The fraction of sp³-hybridized carbons (Fsp3) is 0.400. The van der Waals surface area contributed by atoms with Crippen LogP contribution in [0.5, 0.6) is 0 Å². The molecular formula is C10H12BrF3N2O2S. The second kappa shape index (κ2) is 5.68. The summed E-state index contributed by atoms with van der Waals surface area (Å²) in [6.07, 6.45) is -4.59. The fourth-order valence-electron chi connectivity index (χ4n) is 1.43. The minimum Gasteiger partial charge on any atom is -0.399 e. The van der Waals surface area contributed by atoms with Crippen molar-refractivity contribution < 1.29 is 21.6 Å². The van der Waals surface area contributed by atoms with Gasteiger partial charge in [0.1, 0.15) is 6.54 Å². The first-order chi connectivity index (χ1) is 8.58. The third kappa shape index (κ3) is 4.08. The maximum atomic E-state index is 12.4. The molecule has 4 nitrogen and oxygen atoms in total. The zero-order valence-corrected chi connectivity index (χ0v) is 12.3. The van der Waals surface area contributed by atoms with Crippen LogP contribution in [0.1, 0.15) is 6.92 Å². The number of anilines is 1. The van der Waals surface area contributed by atoms with E-state index in [1.165, 1.54) is 25.1 Å². The van der Waals surface area contributed by atoms with Gasteiger partial charge in [0.25, 0.3) is 0 Å². The number of hydrogen-bond donors (Lipinski definition) is 1. The number of nitrogens with two attached hydrogens (primary N) is 1. The molecule has 0 saturated carbocycles. The molecule has 0 aliphatic heterocycles. The first-order valence-electron chi connectivity index (χ1n) is 5.20. The van der Waals surface area contributed by atoms with Gasteiger partial charge in [-0.2, -0.15) is 17.5 Å². The van der Waals surface area contributed by atoms with E-state index in [0.29, 0.717) is 9.99 Å². The van der Waals surface area contributed by atoms with Crippen LogP contribution in [0.4, 0.5) is 18.9 Å². The highest BCUT2D eigenvalue weighted by Crippen LogP contribution is 2.28. The van der Waals surface area contributed by atoms with Crippen molar-refractivity contribution in [1.82, 2.24) is 4.31 Å². The number of benzene rings is 1. The molecule has 1 aromatic carbocycles. The number of nitrogen functional groups attached to an aromatic ring is 1. The van der Waals surface area contributed by atoms with Gasteiger partial charge in [-0.3, -0.25) is 0 Å². The minimum atomic E-state index is -4.59. The average molecular weight is 361 g/mol. The second-order valence-corrected chi connectivity index (χ2v) is 6.50. The molecule has 0 saturated heterocycles. The number of hydrogen-bond acceptors (Lipinski definition) is 3. The number of halogens is 4. The van der Waals surface area contributed by atoms with Gasteiger partial charge < -0.3 is 5.73 Å². The van der Waals surface area contributed by atoms with Crippen LogP contribution in [0.15, 0.2) is 27.6 Å². The predicted octanol–water partition coefficient (Wildman–Crippen LogP) is 2.60. The Hall–Kier alpha value is -0.800. The molecule has 9 heteroatoms. The Morgan fingerprint density at radius 1 is 1.37 bits per heavy atom. The lowest BCUT2D eigenvalue weighted by atomic mass is 10.3. The highest BCUT2D eigenvalue weighted by atomic mass is 79.9. The summed E-state index contributed by atoms with van der Waals surface area (Å²) >= 11 is 2.99. The first kappa shape index (κ1) is 16.3. The van der Waals surface area contributed by atoms with Gasteiger partial charge in [0, 0.05) is 16.7 Å². The van der Waals surface area contributed by atoms with Crippen LogP contribution >= 0.6 is 15.9 Å². The molecule has 0 spiro atoms. The third-order valence-corrected chi connectivity index (χ3v) is 5.18. The van der Waals surface area contributed by atoms with E-state index in [4.69, 9.17) is 5.73 Å². The monoisotopic (exact) mass is 360 g/mol. The summed E-state index contributed by atoms with van der Waals surface area (Å²) in [4.78, 5) is -0.243. The van der Waals surface area contributed by atoms with E-state index >= 15 is 0 Å². The molecule has 0 unspecified atom stereocenters. The molecule has 0 aromatic heterocycles. The topological polar surface area (TPSA) is 63.4 Å². The lowest BCUT2D eigenvalue weighted by Gasteiger charge is -2.22. The van der Waals surface area contributed by atoms with Gasteiger partial charge in [0.05, 0.1) is 4.90 Å². The molecule has 1 aromatic rings. The lowest BCUT2D eigenvalue weighted by molar-refractivity contribution is -0.135. The SMILES string of the molecule is CCN(CC(F)(F)F)S(=O)(=O)c1ccc(N)cc1Br. The fourth-order valence-corrected chi connectivity index (χ4v) is 3.92. The predicted molar refractivity (Wildman–Crippen MR) is 69.0 cm³/mol. The quantitative estimate of drug-likeness (QED) is 0.839. The Morgan fingerprint density at radius 3 is 2.37 bits per heavy atom. The maximum absolute atomic E-state index is 12.4. The molecule has 0 aliphatic rings. The smallest absolute Gasteiger partial charge is 0.399 e. The molecule has 0 radical (unpaired) electrons. The molecule has 108 valence electrons. The highest BCUT2D eigenvalue weighted by Gasteiger charge is 2.36. The Bertz CT molecular complexity index is 560. The minimum absolute atomic E-state index is 0.133. The Morgan fingerprint density at radius 2 is 1.95 bits per heavy atom. The first-order valence-corrected chi connectivity index (χ1v) is 7.43. The van der Waals surface area contributed by atoms with Gasteiger partial charge >= 0.3 is 6.18 Å². The van der Waals surface area contributed by atoms with E-state index in [1.807, 2.05) is 0 Å². The summed E-state index contributed by atoms with van der Waals surface area (Å²) in [5.41, 5.74) is 5.77. The van der Waals surface area contributed by atoms with Gasteiger partial charge in [0.2, 0.25) is 10.0 Å². The van der Waals surface area contributed by atoms with Gasteiger partial charge in [-0.25, -0.2) is 8.42 Å². The van der Waals surface area contributed by atoms with Crippen molar-refractivity contribution in [2.75, 3.05) is 18.8 Å². The van der Waals surface area contributed by atoms with Crippen molar-refractivity contribution in [1.29, 1.82) is 0 Å². The summed E-state index contributed by atoms with van der Waals surface area (Å²) in [5, 5.41) is 0. The standard InChI is InChI=1S/C10H12BrF3N2O2S/c1-2-16(6-10(12,13)14)19(17,18)9-4-3-7(15)5-8(9)11/h3-5H,2,6,15H2,1H3. The second-order valence-electron chi connectivity index (χ2n) is 3.74. The summed E-state index contributed by atoms with van der Waals surface area (Å²) < 4.78 is 61.9. The van der Waals surface area contributed by atoms with Crippen LogP contribution in [0.2, 0.25) is 0 Å². The summed E-state index contributed by atoms with van der Waals surface area (Å²) in [7, 11) is -4.22. The Balaban J connectivity index is 3.21. The molecule has 0 fully saturated rings. The van der Waals surface area contributed by atoms with Crippen molar-refractivity contribution in [2.24, 2.45) is 0 Å². The normalized spacial score (nSPS) is 12.9. The number of sulfonamides is 1. The number of nitrogens with zero attached hydrogens (tertiary/aromatic N) is 1. The molecule has 1 rings (SSSR count). The van der Waals surface area contributed by atoms with E-state index in [-0.39, 0.29) is 15.9 Å². The van der Waals surface area contributed by atoms with E-state index < -0.39 is 22.7 Å². The number of alkyl halides is 3. The van der Waals surface area contributed by atoms with Crippen LogP contribution in [0.3, 0.4) is 0 Å². The molecule has 19 heavy (non-hydrogen) atoms. The third-order valence-electron chi connectivity index (χ3n) is 2.28. The number of rotatable bonds is 4. The summed E-state index contributed by atoms with van der Waals surface area (Å²) in [5.74, 6) is 0. The van der Waals surface area contributed by atoms with Crippen LogP contribution < -0.4 is 5.73 Å². The van der Waals surface area contributed by atoms with E-state index in [0.717, 1.165) is 0 Å². The van der Waals surface area contributed by atoms with E-state index in [9.17, 15) is 21.6 Å². The van der Waals surface area contributed by atoms with Crippen molar-refractivity contribution >= 4 is 31.6 Å².